The van der Waals surface area contributed by atoms with Crippen molar-refractivity contribution in [3.05, 3.63) is 39.5 Å². The molecule has 1 amide bonds. The molecule has 2 atom stereocenters. The van der Waals surface area contributed by atoms with E-state index in [1.807, 2.05) is 25.1 Å². The van der Waals surface area contributed by atoms with Crippen LogP contribution in [-0.2, 0) is 10.3 Å². The summed E-state index contributed by atoms with van der Waals surface area (Å²) >= 11 is 7.97. The van der Waals surface area contributed by atoms with E-state index in [-0.39, 0.29) is 5.91 Å². The Kier molecular flexibility index (Phi) is 5.58. The quantitative estimate of drug-likeness (QED) is 0.811. The summed E-state index contributed by atoms with van der Waals surface area (Å²) in [7, 11) is 1.71. The zero-order valence-electron chi connectivity index (χ0n) is 15.2. The second kappa shape index (κ2) is 7.56. The maximum absolute atomic E-state index is 12.2. The van der Waals surface area contributed by atoms with Crippen LogP contribution in [0.3, 0.4) is 0 Å². The summed E-state index contributed by atoms with van der Waals surface area (Å²) in [5.74, 6) is 0.738. The molecule has 2 heterocycles. The van der Waals surface area contributed by atoms with Crippen molar-refractivity contribution in [3.8, 4) is 16.9 Å². The Hall–Kier alpha value is -1.60. The molecule has 1 aromatic heterocycles. The second-order valence-electron chi connectivity index (χ2n) is 6.80. The van der Waals surface area contributed by atoms with Gasteiger partial charge in [0, 0.05) is 18.3 Å². The highest BCUT2D eigenvalue weighted by Crippen LogP contribution is 2.38. The van der Waals surface area contributed by atoms with Gasteiger partial charge in [-0.1, -0.05) is 24.6 Å². The number of carbonyl (C=O) groups excluding carboxylic acids is 1. The highest BCUT2D eigenvalue weighted by atomic mass is 35.5. The molecule has 2 aromatic rings. The fraction of sp³-hybridized carbons (Fsp3) is 0.421. The Bertz CT molecular complexity index is 810. The summed E-state index contributed by atoms with van der Waals surface area (Å²) in [5, 5.41) is 6.02. The van der Waals surface area contributed by atoms with Crippen LogP contribution in [0.1, 0.15) is 31.6 Å². The zero-order chi connectivity index (χ0) is 18.9. The number of nitrogens with zero attached hydrogens (tertiary/aromatic N) is 1. The van der Waals surface area contributed by atoms with Gasteiger partial charge in [0.2, 0.25) is 5.91 Å². The molecule has 0 aliphatic carbocycles. The van der Waals surface area contributed by atoms with Crippen LogP contribution in [0.15, 0.2) is 29.6 Å². The number of ether oxygens (including phenoxy) is 1. The van der Waals surface area contributed by atoms with Gasteiger partial charge < -0.3 is 9.64 Å². The molecule has 0 spiro atoms. The van der Waals surface area contributed by atoms with Gasteiger partial charge in [0.25, 0.3) is 0 Å². The molecule has 1 aromatic carbocycles. The van der Waals surface area contributed by atoms with Gasteiger partial charge in [-0.25, -0.2) is 0 Å². The molecule has 26 heavy (non-hydrogen) atoms. The van der Waals surface area contributed by atoms with Crippen molar-refractivity contribution in [3.63, 3.8) is 0 Å². The van der Waals surface area contributed by atoms with Crippen molar-refractivity contribution in [2.75, 3.05) is 13.7 Å². The second-order valence-corrected chi connectivity index (χ2v) is 8.11. The molecule has 3 N–H and O–H groups in total. The van der Waals surface area contributed by atoms with Crippen LogP contribution < -0.4 is 15.8 Å². The number of thiophene rings is 1. The van der Waals surface area contributed by atoms with Crippen molar-refractivity contribution in [2.24, 2.45) is 5.73 Å². The minimum atomic E-state index is -0.490. The molecule has 140 valence electrons. The fourth-order valence-electron chi connectivity index (χ4n) is 3.00. The monoisotopic (exact) mass is 393 g/mol. The number of hydrogen-bond donors (Lipinski definition) is 2. The van der Waals surface area contributed by atoms with Crippen LogP contribution >= 0.6 is 22.9 Å². The molecule has 7 heteroatoms. The third-order valence-electron chi connectivity index (χ3n) is 4.65. The molecule has 3 rings (SSSR count). The lowest BCUT2D eigenvalue weighted by atomic mass is 9.92. The first-order chi connectivity index (χ1) is 12.3. The third kappa shape index (κ3) is 3.74. The van der Waals surface area contributed by atoms with Gasteiger partial charge >= 0.3 is 0 Å². The van der Waals surface area contributed by atoms with E-state index in [1.54, 1.807) is 18.4 Å². The van der Waals surface area contributed by atoms with E-state index >= 15 is 0 Å². The molecular weight excluding hydrogens is 370 g/mol. The van der Waals surface area contributed by atoms with Crippen molar-refractivity contribution < 1.29 is 9.53 Å². The predicted octanol–water partition coefficient (Wildman–Crippen LogP) is 3.77. The van der Waals surface area contributed by atoms with Crippen molar-refractivity contribution in [1.29, 1.82) is 0 Å². The van der Waals surface area contributed by atoms with Crippen molar-refractivity contribution >= 4 is 28.8 Å². The van der Waals surface area contributed by atoms with Crippen molar-refractivity contribution in [1.82, 2.24) is 10.2 Å². The number of rotatable bonds is 5. The van der Waals surface area contributed by atoms with Crippen LogP contribution in [-0.4, -0.2) is 30.8 Å². The number of nitrogens with two attached hydrogens (primary N) is 1. The average Bonchev–Trinajstić information content (AvgIpc) is 3.09. The lowest BCUT2D eigenvalue weighted by molar-refractivity contribution is -0.139. The van der Waals surface area contributed by atoms with Gasteiger partial charge in [-0.2, -0.15) is 0 Å². The number of amides is 1. The zero-order valence-corrected chi connectivity index (χ0v) is 16.8. The molecule has 1 saturated heterocycles. The van der Waals surface area contributed by atoms with E-state index in [2.05, 4.69) is 23.7 Å². The first-order valence-electron chi connectivity index (χ1n) is 8.65. The molecule has 0 saturated carbocycles. The fourth-order valence-corrected chi connectivity index (χ4v) is 4.28. The molecule has 1 fully saturated rings. The Labute approximate surface area is 163 Å². The van der Waals surface area contributed by atoms with E-state index in [4.69, 9.17) is 22.1 Å². The maximum Gasteiger partial charge on any atom is 0.226 e. The van der Waals surface area contributed by atoms with Crippen LogP contribution in [0, 0.1) is 0 Å². The largest absolute Gasteiger partial charge is 0.492 e. The van der Waals surface area contributed by atoms with Gasteiger partial charge in [-0.3, -0.25) is 15.8 Å². The van der Waals surface area contributed by atoms with Gasteiger partial charge in [0.1, 0.15) is 12.0 Å². The maximum atomic E-state index is 12.2. The highest BCUT2D eigenvalue weighted by molar-refractivity contribution is 7.10. The summed E-state index contributed by atoms with van der Waals surface area (Å²) in [6.45, 7) is 4.72. The minimum absolute atomic E-state index is 0.0363. The summed E-state index contributed by atoms with van der Waals surface area (Å²) in [5.41, 5.74) is 7.66. The Morgan fingerprint density at radius 2 is 2.19 bits per heavy atom. The number of hydrogen-bond acceptors (Lipinski definition) is 5. The normalized spacial score (nSPS) is 23.3. The highest BCUT2D eigenvalue weighted by Gasteiger charge is 2.39. The van der Waals surface area contributed by atoms with Gasteiger partial charge in [-0.15, -0.1) is 11.3 Å². The Morgan fingerprint density at radius 1 is 1.42 bits per heavy atom. The molecule has 1 aliphatic rings. The molecule has 0 bridgehead atoms. The molecule has 1 aliphatic heterocycles. The molecular formula is C19H24ClN3O2S. The Morgan fingerprint density at radius 3 is 2.85 bits per heavy atom. The van der Waals surface area contributed by atoms with Crippen molar-refractivity contribution in [2.45, 2.75) is 38.5 Å². The summed E-state index contributed by atoms with van der Waals surface area (Å²) in [4.78, 5) is 14.8. The number of benzene rings is 1. The van der Waals surface area contributed by atoms with E-state index in [0.717, 1.165) is 22.4 Å². The van der Waals surface area contributed by atoms with E-state index in [9.17, 15) is 4.79 Å². The molecule has 0 radical (unpaired) electrons. The van der Waals surface area contributed by atoms with Crippen LogP contribution in [0.2, 0.25) is 5.02 Å². The van der Waals surface area contributed by atoms with Crippen LogP contribution in [0.4, 0.5) is 0 Å². The first kappa shape index (κ1) is 19.2. The van der Waals surface area contributed by atoms with E-state index in [1.165, 1.54) is 4.90 Å². The lowest BCUT2D eigenvalue weighted by Crippen LogP contribution is -2.64. The third-order valence-corrected chi connectivity index (χ3v) is 6.14. The molecule has 5 nitrogen and oxygen atoms in total. The average molecular weight is 394 g/mol. The van der Waals surface area contributed by atoms with E-state index in [0.29, 0.717) is 23.8 Å². The topological polar surface area (TPSA) is 67.6 Å². The van der Waals surface area contributed by atoms with Gasteiger partial charge in [0.05, 0.1) is 17.2 Å². The molecule has 2 unspecified atom stereocenters. The van der Waals surface area contributed by atoms with Crippen LogP contribution in [0.5, 0.6) is 5.75 Å². The Balaban J connectivity index is 1.84. The smallest absolute Gasteiger partial charge is 0.226 e. The van der Waals surface area contributed by atoms with E-state index < -0.39 is 11.8 Å². The predicted molar refractivity (Wildman–Crippen MR) is 106 cm³/mol. The summed E-state index contributed by atoms with van der Waals surface area (Å²) in [6, 6.07) is 7.92. The number of carbonyl (C=O) groups is 1. The standard InChI is InChI=1S/C19H24ClN3O2S/c1-4-7-25-15-6-5-12(8-14(15)20)13-9-16(26-11-13)19(2)10-17(24)23(3)18(21)22-19/h5-6,8-9,11,18,22H,4,7,10,21H2,1-3H3. The van der Waals surface area contributed by atoms with Crippen LogP contribution in [0.25, 0.3) is 11.1 Å². The minimum Gasteiger partial charge on any atom is -0.492 e. The summed E-state index contributed by atoms with van der Waals surface area (Å²) in [6.07, 6.45) is 0.825. The number of halogens is 1. The summed E-state index contributed by atoms with van der Waals surface area (Å²) < 4.78 is 5.63. The lowest BCUT2D eigenvalue weighted by Gasteiger charge is -2.42. The SMILES string of the molecule is CCCOc1ccc(-c2csc(C3(C)CC(=O)N(C)C(N)N3)c2)cc1Cl. The van der Waals surface area contributed by atoms with Gasteiger partial charge in [-0.05, 0) is 48.1 Å². The van der Waals surface area contributed by atoms with Gasteiger partial charge in [0.15, 0.2) is 0 Å². The first-order valence-corrected chi connectivity index (χ1v) is 9.90. The number of nitrogens with one attached hydrogen (secondary N) is 1.